The van der Waals surface area contributed by atoms with E-state index in [1.807, 2.05) is 12.1 Å². The molecule has 0 amide bonds. The summed E-state index contributed by atoms with van der Waals surface area (Å²) < 4.78 is 26.4. The van der Waals surface area contributed by atoms with Crippen molar-refractivity contribution in [2.24, 2.45) is 5.92 Å². The van der Waals surface area contributed by atoms with E-state index in [1.165, 1.54) is 49.8 Å². The van der Waals surface area contributed by atoms with Gasteiger partial charge in [0.05, 0.1) is 0 Å². The summed E-state index contributed by atoms with van der Waals surface area (Å²) in [6.07, 6.45) is 10.7. The molecule has 1 fully saturated rings. The summed E-state index contributed by atoms with van der Waals surface area (Å²) in [7, 11) is 0. The Morgan fingerprint density at radius 2 is 1.54 bits per heavy atom. The second-order valence-electron chi connectivity index (χ2n) is 6.77. The summed E-state index contributed by atoms with van der Waals surface area (Å²) in [6, 6.07) is 12.4. The average molecular weight is 326 g/mol. The predicted molar refractivity (Wildman–Crippen MR) is 95.9 cm³/mol. The van der Waals surface area contributed by atoms with Crippen LogP contribution in [0.5, 0.6) is 0 Å². The normalized spacial score (nSPS) is 21.3. The van der Waals surface area contributed by atoms with E-state index in [-0.39, 0.29) is 0 Å². The largest absolute Gasteiger partial charge is 0.204 e. The molecule has 2 aromatic carbocycles. The van der Waals surface area contributed by atoms with Crippen LogP contribution in [0.4, 0.5) is 8.78 Å². The topological polar surface area (TPSA) is 0 Å². The summed E-state index contributed by atoms with van der Waals surface area (Å²) in [5.41, 5.74) is 3.01. The molecule has 1 saturated carbocycles. The Kier molecular flexibility index (Phi) is 5.44. The Balaban J connectivity index is 1.66. The van der Waals surface area contributed by atoms with Crippen molar-refractivity contribution >= 4 is 0 Å². The minimum absolute atomic E-state index is 0.630. The third-order valence-electron chi connectivity index (χ3n) is 5.19. The Hall–Kier alpha value is -1.96. The number of rotatable bonds is 4. The van der Waals surface area contributed by atoms with Gasteiger partial charge in [-0.2, -0.15) is 0 Å². The van der Waals surface area contributed by atoms with E-state index in [2.05, 4.69) is 31.2 Å². The number of hydrogen-bond donors (Lipinski definition) is 0. The molecule has 0 saturated heterocycles. The van der Waals surface area contributed by atoms with Crippen LogP contribution >= 0.6 is 0 Å². The Labute approximate surface area is 143 Å². The molecule has 0 atom stereocenters. The maximum atomic E-state index is 13.4. The first-order valence-electron chi connectivity index (χ1n) is 8.84. The van der Waals surface area contributed by atoms with Gasteiger partial charge in [0.2, 0.25) is 0 Å². The highest BCUT2D eigenvalue weighted by Gasteiger charge is 2.21. The molecule has 126 valence electrons. The highest BCUT2D eigenvalue weighted by molar-refractivity contribution is 5.63. The summed E-state index contributed by atoms with van der Waals surface area (Å²) in [6.45, 7) is 2.08. The first-order valence-corrected chi connectivity index (χ1v) is 8.84. The maximum absolute atomic E-state index is 13.4. The lowest BCUT2D eigenvalue weighted by atomic mass is 9.77. The van der Waals surface area contributed by atoms with Gasteiger partial charge in [-0.05, 0) is 79.7 Å². The van der Waals surface area contributed by atoms with Crippen molar-refractivity contribution in [3.63, 3.8) is 0 Å². The van der Waals surface area contributed by atoms with Crippen molar-refractivity contribution in [2.75, 3.05) is 0 Å². The van der Waals surface area contributed by atoms with E-state index in [4.69, 9.17) is 0 Å². The fourth-order valence-corrected chi connectivity index (χ4v) is 3.68. The zero-order chi connectivity index (χ0) is 16.9. The molecule has 0 N–H and O–H groups in total. The molecule has 0 nitrogen and oxygen atoms in total. The fourth-order valence-electron chi connectivity index (χ4n) is 3.68. The van der Waals surface area contributed by atoms with Gasteiger partial charge >= 0.3 is 0 Å². The van der Waals surface area contributed by atoms with Gasteiger partial charge in [-0.25, -0.2) is 8.78 Å². The van der Waals surface area contributed by atoms with Crippen molar-refractivity contribution in [1.82, 2.24) is 0 Å². The molecule has 0 aromatic heterocycles. The maximum Gasteiger partial charge on any atom is 0.159 e. The zero-order valence-electron chi connectivity index (χ0n) is 14.1. The van der Waals surface area contributed by atoms with E-state index < -0.39 is 11.6 Å². The lowest BCUT2D eigenvalue weighted by molar-refractivity contribution is 0.328. The Morgan fingerprint density at radius 3 is 2.17 bits per heavy atom. The minimum Gasteiger partial charge on any atom is -0.204 e. The van der Waals surface area contributed by atoms with Crippen LogP contribution in [-0.2, 0) is 0 Å². The first kappa shape index (κ1) is 16.9. The minimum atomic E-state index is -0.801. The SMILES string of the molecule is C/C=C\CC1CCC(c2ccc(-c3ccc(F)c(F)c3)cc2)CC1. The van der Waals surface area contributed by atoms with Crippen molar-refractivity contribution in [1.29, 1.82) is 0 Å². The Morgan fingerprint density at radius 1 is 0.875 bits per heavy atom. The van der Waals surface area contributed by atoms with Gasteiger partial charge in [0, 0.05) is 0 Å². The first-order chi connectivity index (χ1) is 11.7. The molecule has 1 aliphatic rings. The molecule has 1 aliphatic carbocycles. The molecule has 0 radical (unpaired) electrons. The summed E-state index contributed by atoms with van der Waals surface area (Å²) in [4.78, 5) is 0. The quantitative estimate of drug-likeness (QED) is 0.538. The smallest absolute Gasteiger partial charge is 0.159 e. The lowest BCUT2D eigenvalue weighted by Crippen LogP contribution is -2.12. The Bertz CT molecular complexity index is 692. The van der Waals surface area contributed by atoms with Crippen LogP contribution in [0.1, 0.15) is 50.5 Å². The van der Waals surface area contributed by atoms with Gasteiger partial charge in [0.1, 0.15) is 0 Å². The zero-order valence-corrected chi connectivity index (χ0v) is 14.1. The lowest BCUT2D eigenvalue weighted by Gasteiger charge is -2.28. The molecule has 0 unspecified atom stereocenters. The molecule has 2 aromatic rings. The van der Waals surface area contributed by atoms with Crippen LogP contribution in [-0.4, -0.2) is 0 Å². The van der Waals surface area contributed by atoms with E-state index in [0.29, 0.717) is 5.92 Å². The van der Waals surface area contributed by atoms with Gasteiger partial charge in [-0.1, -0.05) is 42.5 Å². The molecule has 0 spiro atoms. The van der Waals surface area contributed by atoms with Crippen LogP contribution < -0.4 is 0 Å². The molecule has 0 heterocycles. The number of hydrogen-bond acceptors (Lipinski definition) is 0. The van der Waals surface area contributed by atoms with Gasteiger partial charge in [-0.15, -0.1) is 0 Å². The van der Waals surface area contributed by atoms with Crippen molar-refractivity contribution in [3.8, 4) is 11.1 Å². The number of halogens is 2. The number of benzene rings is 2. The van der Waals surface area contributed by atoms with Crippen LogP contribution in [0.25, 0.3) is 11.1 Å². The van der Waals surface area contributed by atoms with Crippen molar-refractivity contribution in [3.05, 3.63) is 71.8 Å². The average Bonchev–Trinajstić information content (AvgIpc) is 2.63. The monoisotopic (exact) mass is 326 g/mol. The fraction of sp³-hybridized carbons (Fsp3) is 0.364. The summed E-state index contributed by atoms with van der Waals surface area (Å²) in [5.74, 6) is -0.133. The predicted octanol–water partition coefficient (Wildman–Crippen LogP) is 6.87. The molecule has 3 rings (SSSR count). The second-order valence-corrected chi connectivity index (χ2v) is 6.77. The van der Waals surface area contributed by atoms with Crippen LogP contribution in [0.2, 0.25) is 0 Å². The van der Waals surface area contributed by atoms with Gasteiger partial charge in [-0.3, -0.25) is 0 Å². The molecule has 24 heavy (non-hydrogen) atoms. The number of allylic oxidation sites excluding steroid dienone is 2. The molecular formula is C22H24F2. The highest BCUT2D eigenvalue weighted by Crippen LogP contribution is 2.37. The third kappa shape index (κ3) is 3.92. The van der Waals surface area contributed by atoms with Gasteiger partial charge in [0.25, 0.3) is 0 Å². The molecule has 0 aliphatic heterocycles. The van der Waals surface area contributed by atoms with Crippen LogP contribution in [0, 0.1) is 17.6 Å². The second kappa shape index (κ2) is 7.74. The molecule has 2 heteroatoms. The molecular weight excluding hydrogens is 302 g/mol. The van der Waals surface area contributed by atoms with Gasteiger partial charge in [0.15, 0.2) is 11.6 Å². The highest BCUT2D eigenvalue weighted by atomic mass is 19.2. The van der Waals surface area contributed by atoms with E-state index in [9.17, 15) is 8.78 Å². The van der Waals surface area contributed by atoms with Crippen LogP contribution in [0.15, 0.2) is 54.6 Å². The molecule has 0 bridgehead atoms. The standard InChI is InChI=1S/C22H24F2/c1-2-3-4-16-5-7-17(8-6-16)18-9-11-19(12-10-18)20-13-14-21(23)22(24)15-20/h2-3,9-17H,4-8H2,1H3/b3-2-. The van der Waals surface area contributed by atoms with Crippen molar-refractivity contribution in [2.45, 2.75) is 44.9 Å². The summed E-state index contributed by atoms with van der Waals surface area (Å²) >= 11 is 0. The van der Waals surface area contributed by atoms with Crippen LogP contribution in [0.3, 0.4) is 0 Å². The van der Waals surface area contributed by atoms with E-state index >= 15 is 0 Å². The van der Waals surface area contributed by atoms with Crippen molar-refractivity contribution < 1.29 is 8.78 Å². The van der Waals surface area contributed by atoms with E-state index in [0.717, 1.165) is 17.0 Å². The van der Waals surface area contributed by atoms with E-state index in [1.54, 1.807) is 6.07 Å². The van der Waals surface area contributed by atoms with Gasteiger partial charge < -0.3 is 0 Å². The summed E-state index contributed by atoms with van der Waals surface area (Å²) in [5, 5.41) is 0. The third-order valence-corrected chi connectivity index (χ3v) is 5.19.